The van der Waals surface area contributed by atoms with Crippen molar-refractivity contribution in [1.29, 1.82) is 5.26 Å². The van der Waals surface area contributed by atoms with Gasteiger partial charge in [-0.2, -0.15) is 10.2 Å². The largest absolute Gasteiger partial charge is 0.495 e. The highest BCUT2D eigenvalue weighted by Crippen LogP contribution is 2.37. The number of benzene rings is 1. The molecule has 1 aliphatic rings. The summed E-state index contributed by atoms with van der Waals surface area (Å²) in [5.41, 5.74) is 0.420. The van der Waals surface area contributed by atoms with Gasteiger partial charge < -0.3 is 24.1 Å². The molecule has 2 aromatic rings. The maximum atomic E-state index is 11.8. The Morgan fingerprint density at radius 2 is 1.90 bits per heavy atom. The Morgan fingerprint density at radius 1 is 1.19 bits per heavy atom. The fraction of sp³-hybridized carbons (Fsp3) is 0.409. The van der Waals surface area contributed by atoms with Crippen LogP contribution in [0.2, 0.25) is 0 Å². The van der Waals surface area contributed by atoms with Crippen molar-refractivity contribution >= 4 is 24.7 Å². The fourth-order valence-electron chi connectivity index (χ4n) is 3.02. The van der Waals surface area contributed by atoms with Gasteiger partial charge in [0.15, 0.2) is 0 Å². The van der Waals surface area contributed by atoms with Crippen LogP contribution in [0.4, 0.5) is 5.82 Å². The molecule has 0 saturated carbocycles. The number of carbonyl (C=O) groups excluding carboxylic acids is 1. The molecule has 162 valence electrons. The van der Waals surface area contributed by atoms with Crippen LogP contribution in [0.1, 0.15) is 43.6 Å². The Bertz CT molecular complexity index is 987. The number of aromatic nitrogens is 1. The van der Waals surface area contributed by atoms with Crippen LogP contribution >= 0.6 is 0 Å². The first-order valence-electron chi connectivity index (χ1n) is 9.97. The summed E-state index contributed by atoms with van der Waals surface area (Å²) in [5.74, 6) is 1.13. The van der Waals surface area contributed by atoms with Gasteiger partial charge in [-0.25, -0.2) is 0 Å². The normalized spacial score (nSPS) is 16.6. The summed E-state index contributed by atoms with van der Waals surface area (Å²) in [6.07, 6.45) is 0.747. The quantitative estimate of drug-likeness (QED) is 0.393. The van der Waals surface area contributed by atoms with Gasteiger partial charge in [0.2, 0.25) is 5.88 Å². The van der Waals surface area contributed by atoms with Gasteiger partial charge in [0.25, 0.3) is 0 Å². The van der Waals surface area contributed by atoms with Crippen molar-refractivity contribution in [2.45, 2.75) is 38.9 Å². The zero-order valence-corrected chi connectivity index (χ0v) is 18.4. The molecule has 2 heterocycles. The van der Waals surface area contributed by atoms with Crippen LogP contribution in [0.15, 0.2) is 30.3 Å². The zero-order chi connectivity index (χ0) is 22.6. The van der Waals surface area contributed by atoms with Crippen LogP contribution in [0.25, 0.3) is 0 Å². The Balaban J connectivity index is 1.82. The van der Waals surface area contributed by atoms with Crippen LogP contribution < -0.4 is 15.5 Å². The van der Waals surface area contributed by atoms with Crippen LogP contribution in [0.3, 0.4) is 0 Å². The van der Waals surface area contributed by atoms with E-state index < -0.39 is 18.3 Å². The number of ether oxygens (including phenoxy) is 2. The second kappa shape index (κ2) is 9.06. The molecular weight excluding hydrogens is 397 g/mol. The van der Waals surface area contributed by atoms with Crippen LogP contribution in [-0.2, 0) is 14.0 Å². The number of hydrogen-bond acceptors (Lipinski definition) is 8. The minimum Gasteiger partial charge on any atom is -0.439 e. The third-order valence-corrected chi connectivity index (χ3v) is 5.50. The first-order valence-corrected chi connectivity index (χ1v) is 9.97. The number of hydrogen-bond donors (Lipinski definition) is 1. The third-order valence-electron chi connectivity index (χ3n) is 5.50. The molecule has 1 aliphatic heterocycles. The summed E-state index contributed by atoms with van der Waals surface area (Å²) in [6, 6.07) is 10.4. The minimum absolute atomic E-state index is 0.291. The fourth-order valence-corrected chi connectivity index (χ4v) is 3.02. The number of nitrogens with one attached hydrogen (secondary N) is 1. The molecule has 1 saturated heterocycles. The Kier molecular flexibility index (Phi) is 6.65. The number of carbonyl (C=O) groups is 1. The van der Waals surface area contributed by atoms with Gasteiger partial charge in [0.1, 0.15) is 23.9 Å². The summed E-state index contributed by atoms with van der Waals surface area (Å²) in [5, 5.41) is 12.3. The van der Waals surface area contributed by atoms with Gasteiger partial charge in [0, 0.05) is 25.3 Å². The van der Waals surface area contributed by atoms with Crippen molar-refractivity contribution in [3.05, 3.63) is 41.5 Å². The first kappa shape index (κ1) is 22.8. The molecule has 0 bridgehead atoms. The van der Waals surface area contributed by atoms with E-state index in [-0.39, 0.29) is 0 Å². The SMILES string of the molecule is COCCNc1nc(Oc2ccc(B3OC(C)(C)C(C)(C)O3)c(C=O)c2)ccc1C#N. The van der Waals surface area contributed by atoms with Gasteiger partial charge in [-0.05, 0) is 51.4 Å². The molecule has 0 aliphatic carbocycles. The lowest BCUT2D eigenvalue weighted by Crippen LogP contribution is -2.41. The lowest BCUT2D eigenvalue weighted by molar-refractivity contribution is 0.00578. The lowest BCUT2D eigenvalue weighted by atomic mass is 9.76. The van der Waals surface area contributed by atoms with E-state index in [4.69, 9.17) is 18.8 Å². The highest BCUT2D eigenvalue weighted by molar-refractivity contribution is 6.63. The topological polar surface area (TPSA) is 103 Å². The molecule has 8 nitrogen and oxygen atoms in total. The molecule has 0 amide bonds. The molecule has 31 heavy (non-hydrogen) atoms. The van der Waals surface area contributed by atoms with E-state index in [2.05, 4.69) is 16.4 Å². The Labute approximate surface area is 182 Å². The number of pyridine rings is 1. The number of anilines is 1. The van der Waals surface area contributed by atoms with Gasteiger partial charge in [0.05, 0.1) is 23.4 Å². The highest BCUT2D eigenvalue weighted by atomic mass is 16.7. The summed E-state index contributed by atoms with van der Waals surface area (Å²) in [7, 11) is 0.946. The predicted molar refractivity (Wildman–Crippen MR) is 117 cm³/mol. The molecule has 9 heteroatoms. The second-order valence-electron chi connectivity index (χ2n) is 8.18. The van der Waals surface area contributed by atoms with E-state index in [0.29, 0.717) is 47.2 Å². The molecule has 1 N–H and O–H groups in total. The molecule has 1 fully saturated rings. The summed E-state index contributed by atoms with van der Waals surface area (Å²) in [4.78, 5) is 16.1. The monoisotopic (exact) mass is 423 g/mol. The van der Waals surface area contributed by atoms with Gasteiger partial charge >= 0.3 is 7.12 Å². The maximum absolute atomic E-state index is 11.8. The highest BCUT2D eigenvalue weighted by Gasteiger charge is 2.52. The smallest absolute Gasteiger partial charge is 0.439 e. The molecule has 0 unspecified atom stereocenters. The standard InChI is InChI=1S/C22H26BN3O5/c1-21(2)22(3,4)31-23(30-21)18-8-7-17(12-16(18)14-27)29-19-9-6-15(13-24)20(26-19)25-10-11-28-5/h6-9,12,14H,10-11H2,1-5H3,(H,25,26). The molecule has 1 aromatic carbocycles. The van der Waals surface area contributed by atoms with E-state index in [1.165, 1.54) is 0 Å². The third kappa shape index (κ3) is 4.88. The number of rotatable bonds is 8. The summed E-state index contributed by atoms with van der Waals surface area (Å²) < 4.78 is 23.0. The van der Waals surface area contributed by atoms with Gasteiger partial charge in [-0.15, -0.1) is 0 Å². The Hall–Kier alpha value is -2.93. The Morgan fingerprint density at radius 3 is 2.52 bits per heavy atom. The van der Waals surface area contributed by atoms with Gasteiger partial charge in [-0.3, -0.25) is 4.79 Å². The van der Waals surface area contributed by atoms with Crippen molar-refractivity contribution in [3.8, 4) is 17.7 Å². The first-order chi connectivity index (χ1) is 14.7. The van der Waals surface area contributed by atoms with Crippen LogP contribution in [-0.4, -0.2) is 49.9 Å². The van der Waals surface area contributed by atoms with Crippen molar-refractivity contribution in [2.75, 3.05) is 25.6 Å². The minimum atomic E-state index is -0.649. The van der Waals surface area contributed by atoms with E-state index in [1.54, 1.807) is 37.4 Å². The van der Waals surface area contributed by atoms with E-state index >= 15 is 0 Å². The molecule has 0 spiro atoms. The van der Waals surface area contributed by atoms with Gasteiger partial charge in [-0.1, -0.05) is 6.07 Å². The number of nitriles is 1. The average molecular weight is 423 g/mol. The molecule has 0 atom stereocenters. The van der Waals surface area contributed by atoms with Crippen molar-refractivity contribution in [2.24, 2.45) is 0 Å². The molecular formula is C22H26BN3O5. The van der Waals surface area contributed by atoms with E-state index in [0.717, 1.165) is 6.29 Å². The lowest BCUT2D eigenvalue weighted by Gasteiger charge is -2.32. The summed E-state index contributed by atoms with van der Waals surface area (Å²) in [6.45, 7) is 8.81. The molecule has 1 aromatic heterocycles. The maximum Gasteiger partial charge on any atom is 0.495 e. The van der Waals surface area contributed by atoms with Crippen LogP contribution in [0.5, 0.6) is 11.6 Å². The molecule has 3 rings (SSSR count). The average Bonchev–Trinajstić information content (AvgIpc) is 2.95. The van der Waals surface area contributed by atoms with Crippen molar-refractivity contribution < 1.29 is 23.6 Å². The number of aldehydes is 1. The second-order valence-corrected chi connectivity index (χ2v) is 8.18. The number of nitrogens with zero attached hydrogens (tertiary/aromatic N) is 2. The predicted octanol–water partition coefficient (Wildman–Crippen LogP) is 2.92. The summed E-state index contributed by atoms with van der Waals surface area (Å²) >= 11 is 0. The van der Waals surface area contributed by atoms with E-state index in [1.807, 2.05) is 27.7 Å². The van der Waals surface area contributed by atoms with E-state index in [9.17, 15) is 10.1 Å². The zero-order valence-electron chi connectivity index (χ0n) is 18.4. The number of methoxy groups -OCH3 is 1. The molecule has 0 radical (unpaired) electrons. The van der Waals surface area contributed by atoms with Crippen LogP contribution in [0, 0.1) is 11.3 Å². The van der Waals surface area contributed by atoms with Crippen molar-refractivity contribution in [3.63, 3.8) is 0 Å². The van der Waals surface area contributed by atoms with Crippen molar-refractivity contribution in [1.82, 2.24) is 4.98 Å².